The van der Waals surface area contributed by atoms with Crippen LogP contribution in [0.15, 0.2) is 35.1 Å². The summed E-state index contributed by atoms with van der Waals surface area (Å²) in [6.45, 7) is 6.02. The van der Waals surface area contributed by atoms with Crippen LogP contribution in [0, 0.1) is 6.92 Å². The SMILES string of the molecule is CC.CCl.Cc1cc2n[nH]c(=O)n2c2ccccc12. The van der Waals surface area contributed by atoms with Crippen molar-refractivity contribution in [2.24, 2.45) is 0 Å². The number of nitrogens with one attached hydrogen (secondary N) is 1. The highest BCUT2D eigenvalue weighted by Crippen LogP contribution is 2.18. The van der Waals surface area contributed by atoms with E-state index in [-0.39, 0.29) is 5.69 Å². The van der Waals surface area contributed by atoms with Crippen LogP contribution < -0.4 is 5.69 Å². The Morgan fingerprint density at radius 1 is 1.21 bits per heavy atom. The molecule has 102 valence electrons. The maximum Gasteiger partial charge on any atom is 0.348 e. The molecule has 0 aliphatic rings. The van der Waals surface area contributed by atoms with E-state index >= 15 is 0 Å². The van der Waals surface area contributed by atoms with Gasteiger partial charge in [-0.15, -0.1) is 11.6 Å². The molecule has 0 aliphatic carbocycles. The standard InChI is InChI=1S/C11H9N3O.C2H6.CH3Cl/c1-7-6-10-12-13-11(15)14(10)9-5-3-2-4-8(7)9;2*1-2/h2-6H,1H3,(H,13,15);1-2H3;1H3. The first-order chi connectivity index (χ1) is 9.27. The second-order valence-corrected chi connectivity index (χ2v) is 3.57. The summed E-state index contributed by atoms with van der Waals surface area (Å²) in [7, 11) is 0. The minimum atomic E-state index is -0.193. The molecule has 2 aromatic heterocycles. The Hall–Kier alpha value is -1.81. The van der Waals surface area contributed by atoms with Crippen LogP contribution in [0.1, 0.15) is 19.4 Å². The molecule has 4 nitrogen and oxygen atoms in total. The van der Waals surface area contributed by atoms with Gasteiger partial charge in [0.1, 0.15) is 0 Å². The van der Waals surface area contributed by atoms with Crippen LogP contribution in [-0.2, 0) is 0 Å². The fourth-order valence-corrected chi connectivity index (χ4v) is 1.91. The number of nitrogens with zero attached hydrogens (tertiary/aromatic N) is 2. The van der Waals surface area contributed by atoms with Crippen LogP contribution >= 0.6 is 11.6 Å². The number of benzene rings is 1. The predicted octanol–water partition coefficient (Wildman–Crippen LogP) is 3.37. The van der Waals surface area contributed by atoms with Crippen molar-refractivity contribution in [2.75, 3.05) is 6.38 Å². The summed E-state index contributed by atoms with van der Waals surface area (Å²) in [4.78, 5) is 11.5. The Kier molecular flexibility index (Phi) is 5.57. The number of rotatable bonds is 0. The van der Waals surface area contributed by atoms with Crippen molar-refractivity contribution in [2.45, 2.75) is 20.8 Å². The normalized spacial score (nSPS) is 9.53. The van der Waals surface area contributed by atoms with E-state index in [0.717, 1.165) is 16.5 Å². The summed E-state index contributed by atoms with van der Waals surface area (Å²) in [5.41, 5.74) is 2.49. The molecule has 0 unspecified atom stereocenters. The van der Waals surface area contributed by atoms with Gasteiger partial charge in [0.15, 0.2) is 5.65 Å². The van der Waals surface area contributed by atoms with E-state index < -0.39 is 0 Å². The van der Waals surface area contributed by atoms with E-state index in [9.17, 15) is 4.79 Å². The molecule has 0 atom stereocenters. The molecule has 5 heteroatoms. The van der Waals surface area contributed by atoms with Crippen LogP contribution in [0.4, 0.5) is 0 Å². The minimum Gasteiger partial charge on any atom is -0.246 e. The quantitative estimate of drug-likeness (QED) is 0.642. The van der Waals surface area contributed by atoms with Crippen LogP contribution in [-0.4, -0.2) is 21.0 Å². The smallest absolute Gasteiger partial charge is 0.246 e. The number of hydrogen-bond acceptors (Lipinski definition) is 2. The lowest BCUT2D eigenvalue weighted by atomic mass is 10.1. The molecule has 2 heterocycles. The topological polar surface area (TPSA) is 50.2 Å². The first-order valence-corrected chi connectivity index (χ1v) is 6.86. The van der Waals surface area contributed by atoms with Crippen molar-refractivity contribution in [1.29, 1.82) is 0 Å². The summed E-state index contributed by atoms with van der Waals surface area (Å²) < 4.78 is 1.59. The van der Waals surface area contributed by atoms with Crippen molar-refractivity contribution >= 4 is 28.2 Å². The molecule has 0 saturated heterocycles. The molecular weight excluding hydrogens is 262 g/mol. The average molecular weight is 280 g/mol. The van der Waals surface area contributed by atoms with Gasteiger partial charge in [-0.05, 0) is 24.6 Å². The summed E-state index contributed by atoms with van der Waals surface area (Å²) in [6.07, 6.45) is 1.47. The zero-order chi connectivity index (χ0) is 14.4. The van der Waals surface area contributed by atoms with Gasteiger partial charge in [0.05, 0.1) is 5.52 Å². The van der Waals surface area contributed by atoms with E-state index in [0.29, 0.717) is 5.65 Å². The van der Waals surface area contributed by atoms with Crippen LogP contribution in [0.3, 0.4) is 0 Å². The first-order valence-electron chi connectivity index (χ1n) is 6.10. The van der Waals surface area contributed by atoms with Crippen molar-refractivity contribution in [3.8, 4) is 0 Å². The molecule has 0 spiro atoms. The summed E-state index contributed by atoms with van der Waals surface area (Å²) in [6, 6.07) is 9.71. The Balaban J connectivity index is 0.000000415. The molecule has 0 amide bonds. The summed E-state index contributed by atoms with van der Waals surface area (Å²) >= 11 is 4.64. The van der Waals surface area contributed by atoms with Gasteiger partial charge in [0.2, 0.25) is 0 Å². The fraction of sp³-hybridized carbons (Fsp3) is 0.286. The Bertz CT molecular complexity index is 715. The van der Waals surface area contributed by atoms with Gasteiger partial charge >= 0.3 is 5.69 Å². The lowest BCUT2D eigenvalue weighted by Gasteiger charge is -2.03. The van der Waals surface area contributed by atoms with Crippen molar-refractivity contribution < 1.29 is 0 Å². The van der Waals surface area contributed by atoms with Gasteiger partial charge in [-0.2, -0.15) is 5.10 Å². The van der Waals surface area contributed by atoms with E-state index in [1.807, 2.05) is 51.1 Å². The summed E-state index contributed by atoms with van der Waals surface area (Å²) in [5, 5.41) is 7.49. The fourth-order valence-electron chi connectivity index (χ4n) is 1.91. The third kappa shape index (κ3) is 2.79. The number of aromatic amines is 1. The van der Waals surface area contributed by atoms with Crippen LogP contribution in [0.5, 0.6) is 0 Å². The first kappa shape index (κ1) is 15.2. The molecule has 3 aromatic rings. The van der Waals surface area contributed by atoms with E-state index in [2.05, 4.69) is 21.8 Å². The Morgan fingerprint density at radius 2 is 1.84 bits per heavy atom. The molecule has 1 aromatic carbocycles. The average Bonchev–Trinajstić information content (AvgIpc) is 2.85. The molecule has 0 saturated carbocycles. The van der Waals surface area contributed by atoms with Crippen molar-refractivity contribution in [3.05, 3.63) is 46.4 Å². The molecule has 1 N–H and O–H groups in total. The third-order valence-corrected chi connectivity index (χ3v) is 2.61. The predicted molar refractivity (Wildman–Crippen MR) is 81.2 cm³/mol. The maximum absolute atomic E-state index is 11.5. The van der Waals surface area contributed by atoms with Gasteiger partial charge < -0.3 is 0 Å². The molecule has 0 bridgehead atoms. The van der Waals surface area contributed by atoms with E-state index in [4.69, 9.17) is 0 Å². The summed E-state index contributed by atoms with van der Waals surface area (Å²) in [5.74, 6) is 0. The van der Waals surface area contributed by atoms with E-state index in [1.165, 1.54) is 6.38 Å². The lowest BCUT2D eigenvalue weighted by Crippen LogP contribution is -2.10. The van der Waals surface area contributed by atoms with E-state index in [1.54, 1.807) is 4.40 Å². The van der Waals surface area contributed by atoms with Gasteiger partial charge in [-0.3, -0.25) is 0 Å². The maximum atomic E-state index is 11.5. The number of fused-ring (bicyclic) bond motifs is 3. The molecule has 0 radical (unpaired) electrons. The number of para-hydroxylation sites is 1. The molecular formula is C14H18ClN3O. The highest BCUT2D eigenvalue weighted by molar-refractivity contribution is 6.15. The number of hydrogen-bond donors (Lipinski definition) is 1. The zero-order valence-electron chi connectivity index (χ0n) is 11.6. The van der Waals surface area contributed by atoms with Crippen molar-refractivity contribution in [3.63, 3.8) is 0 Å². The van der Waals surface area contributed by atoms with Crippen LogP contribution in [0.25, 0.3) is 16.6 Å². The monoisotopic (exact) mass is 279 g/mol. The number of aryl methyl sites for hydroxylation is 1. The highest BCUT2D eigenvalue weighted by atomic mass is 35.5. The van der Waals surface area contributed by atoms with Gasteiger partial charge in [0, 0.05) is 11.8 Å². The Morgan fingerprint density at radius 3 is 2.53 bits per heavy atom. The number of aromatic nitrogens is 3. The number of H-pyrrole nitrogens is 1. The second-order valence-electron chi connectivity index (χ2n) is 3.57. The molecule has 0 fully saturated rings. The third-order valence-electron chi connectivity index (χ3n) is 2.61. The lowest BCUT2D eigenvalue weighted by molar-refractivity contribution is 1.04. The number of alkyl halides is 1. The van der Waals surface area contributed by atoms with Gasteiger partial charge in [-0.25, -0.2) is 14.3 Å². The largest absolute Gasteiger partial charge is 0.348 e. The number of halogens is 1. The van der Waals surface area contributed by atoms with Gasteiger partial charge in [-0.1, -0.05) is 32.0 Å². The van der Waals surface area contributed by atoms with Crippen molar-refractivity contribution in [1.82, 2.24) is 14.6 Å². The second kappa shape index (κ2) is 6.95. The molecule has 0 aliphatic heterocycles. The molecule has 3 rings (SSSR count). The van der Waals surface area contributed by atoms with Gasteiger partial charge in [0.25, 0.3) is 0 Å². The highest BCUT2D eigenvalue weighted by Gasteiger charge is 2.06. The Labute approximate surface area is 117 Å². The van der Waals surface area contributed by atoms with Crippen LogP contribution in [0.2, 0.25) is 0 Å². The molecule has 19 heavy (non-hydrogen) atoms. The zero-order valence-corrected chi connectivity index (χ0v) is 12.3. The number of pyridine rings is 1. The minimum absolute atomic E-state index is 0.193.